The van der Waals surface area contributed by atoms with E-state index in [9.17, 15) is 0 Å². The van der Waals surface area contributed by atoms with Crippen LogP contribution in [0.25, 0.3) is 0 Å². The summed E-state index contributed by atoms with van der Waals surface area (Å²) in [6, 6.07) is 1.72. The first-order chi connectivity index (χ1) is 10.5. The molecule has 0 atom stereocenters. The van der Waals surface area contributed by atoms with Gasteiger partial charge in [-0.3, -0.25) is 0 Å². The molecule has 2 heterocycles. The van der Waals surface area contributed by atoms with E-state index in [1.807, 2.05) is 20.8 Å². The van der Waals surface area contributed by atoms with Crippen molar-refractivity contribution in [2.24, 2.45) is 0 Å². The Morgan fingerprint density at radius 3 is 2.68 bits per heavy atom. The third-order valence-electron chi connectivity index (χ3n) is 3.00. The monoisotopic (exact) mass is 297 g/mol. The molecule has 0 spiro atoms. The van der Waals surface area contributed by atoms with Gasteiger partial charge in [0.1, 0.15) is 11.4 Å². The van der Waals surface area contributed by atoms with Crippen LogP contribution in [0, 0.1) is 12.3 Å². The lowest BCUT2D eigenvalue weighted by atomic mass is 10.0. The van der Waals surface area contributed by atoms with Crippen molar-refractivity contribution in [3.63, 3.8) is 0 Å². The van der Waals surface area contributed by atoms with Gasteiger partial charge in [0.2, 0.25) is 5.95 Å². The number of nitrogen functional groups attached to an aromatic ring is 1. The molecular formula is C16H19N5O. The Morgan fingerprint density at radius 1 is 1.32 bits per heavy atom. The summed E-state index contributed by atoms with van der Waals surface area (Å²) in [5.41, 5.74) is 7.37. The smallest absolute Gasteiger partial charge is 0.224 e. The maximum atomic E-state index is 5.92. The summed E-state index contributed by atoms with van der Waals surface area (Å²) < 4.78 is 5.86. The van der Waals surface area contributed by atoms with Crippen LogP contribution in [-0.4, -0.2) is 21.5 Å². The van der Waals surface area contributed by atoms with Gasteiger partial charge in [-0.1, -0.05) is 19.8 Å². The summed E-state index contributed by atoms with van der Waals surface area (Å²) in [5, 5.41) is 2.99. The van der Waals surface area contributed by atoms with Crippen LogP contribution in [0.4, 0.5) is 11.8 Å². The Labute approximate surface area is 130 Å². The van der Waals surface area contributed by atoms with Crippen LogP contribution in [0.1, 0.15) is 37.9 Å². The van der Waals surface area contributed by atoms with Crippen molar-refractivity contribution < 1.29 is 4.74 Å². The predicted molar refractivity (Wildman–Crippen MR) is 86.9 cm³/mol. The summed E-state index contributed by atoms with van der Waals surface area (Å²) in [5.74, 6) is 4.46. The van der Waals surface area contributed by atoms with Gasteiger partial charge in [0.15, 0.2) is 11.6 Å². The van der Waals surface area contributed by atoms with Crippen LogP contribution >= 0.6 is 0 Å². The van der Waals surface area contributed by atoms with E-state index in [0.717, 1.165) is 5.56 Å². The summed E-state index contributed by atoms with van der Waals surface area (Å²) >= 11 is 0. The fourth-order valence-corrected chi connectivity index (χ4v) is 1.87. The molecule has 6 nitrogen and oxygen atoms in total. The van der Waals surface area contributed by atoms with E-state index in [-0.39, 0.29) is 11.7 Å². The van der Waals surface area contributed by atoms with E-state index in [1.54, 1.807) is 18.5 Å². The van der Waals surface area contributed by atoms with Crippen molar-refractivity contribution in [1.82, 2.24) is 15.0 Å². The van der Waals surface area contributed by atoms with Crippen LogP contribution in [-0.2, 0) is 0 Å². The number of rotatable bonds is 5. The van der Waals surface area contributed by atoms with Crippen molar-refractivity contribution in [1.29, 1.82) is 0 Å². The zero-order valence-electron chi connectivity index (χ0n) is 12.9. The first-order valence-electron chi connectivity index (χ1n) is 7.06. The van der Waals surface area contributed by atoms with Gasteiger partial charge in [-0.05, 0) is 12.8 Å². The highest BCUT2D eigenvalue weighted by atomic mass is 16.5. The maximum Gasteiger partial charge on any atom is 0.224 e. The highest BCUT2D eigenvalue weighted by Crippen LogP contribution is 2.32. The zero-order valence-corrected chi connectivity index (χ0v) is 12.9. The molecule has 0 aliphatic heterocycles. The molecule has 0 aromatic carbocycles. The summed E-state index contributed by atoms with van der Waals surface area (Å²) in [7, 11) is 0. The third-order valence-corrected chi connectivity index (χ3v) is 3.00. The maximum absolute atomic E-state index is 5.92. The largest absolute Gasteiger partial charge is 0.451 e. The number of hydrogen-bond donors (Lipinski definition) is 2. The Bertz CT molecular complexity index is 706. The van der Waals surface area contributed by atoms with Crippen LogP contribution in [0.15, 0.2) is 18.5 Å². The van der Waals surface area contributed by atoms with E-state index in [2.05, 4.69) is 26.2 Å². The van der Waals surface area contributed by atoms with Gasteiger partial charge in [-0.25, -0.2) is 9.97 Å². The molecule has 2 aromatic rings. The molecule has 6 heteroatoms. The molecule has 22 heavy (non-hydrogen) atoms. The van der Waals surface area contributed by atoms with Gasteiger partial charge in [0.05, 0.1) is 6.20 Å². The molecule has 114 valence electrons. The molecular weight excluding hydrogens is 278 g/mol. The number of hydrogen-bond acceptors (Lipinski definition) is 6. The number of pyridine rings is 1. The quantitative estimate of drug-likeness (QED) is 0.825. The topological polar surface area (TPSA) is 86.0 Å². The first-order valence-corrected chi connectivity index (χ1v) is 7.06. The molecule has 0 saturated heterocycles. The highest BCUT2D eigenvalue weighted by molar-refractivity contribution is 5.51. The van der Waals surface area contributed by atoms with Crippen LogP contribution in [0.5, 0.6) is 11.5 Å². The lowest BCUT2D eigenvalue weighted by molar-refractivity contribution is 0.470. The minimum Gasteiger partial charge on any atom is -0.451 e. The molecule has 2 aromatic heterocycles. The number of ether oxygens (including phenoxy) is 1. The van der Waals surface area contributed by atoms with Crippen LogP contribution in [0.3, 0.4) is 0 Å². The molecule has 3 N–H and O–H groups in total. The fourth-order valence-electron chi connectivity index (χ4n) is 1.87. The number of anilines is 2. The normalized spacial score (nSPS) is 10.3. The van der Waals surface area contributed by atoms with Gasteiger partial charge in [0, 0.05) is 24.4 Å². The summed E-state index contributed by atoms with van der Waals surface area (Å²) in [6.45, 7) is 6.77. The third kappa shape index (κ3) is 3.44. The lowest BCUT2D eigenvalue weighted by Gasteiger charge is -2.14. The molecule has 0 unspecified atom stereocenters. The standard InChI is InChI=1S/C16H19N5O/c1-5-11-7-13(12(8-19-11)10(3)4)22-14-9-20-16(18-6-2)21-15(14)17/h1,7-10H,6H2,2-4H3,(H3,17,18,20,21). The van der Waals surface area contributed by atoms with Gasteiger partial charge in [-0.15, -0.1) is 6.42 Å². The zero-order chi connectivity index (χ0) is 16.1. The van der Waals surface area contributed by atoms with E-state index >= 15 is 0 Å². The average molecular weight is 297 g/mol. The molecule has 0 fully saturated rings. The fraction of sp³-hybridized carbons (Fsp3) is 0.312. The molecule has 0 aliphatic carbocycles. The van der Waals surface area contributed by atoms with Gasteiger partial charge in [-0.2, -0.15) is 4.98 Å². The second kappa shape index (κ2) is 6.76. The Balaban J connectivity index is 2.36. The minimum absolute atomic E-state index is 0.234. The van der Waals surface area contributed by atoms with Gasteiger partial charge in [0.25, 0.3) is 0 Å². The number of aromatic nitrogens is 3. The van der Waals surface area contributed by atoms with E-state index in [1.165, 1.54) is 0 Å². The SMILES string of the molecule is C#Cc1cc(Oc2cnc(NCC)nc2N)c(C(C)C)cn1. The predicted octanol–water partition coefficient (Wildman–Crippen LogP) is 2.78. The lowest BCUT2D eigenvalue weighted by Crippen LogP contribution is -2.06. The molecule has 2 rings (SSSR count). The number of nitrogens with zero attached hydrogens (tertiary/aromatic N) is 3. The Kier molecular flexibility index (Phi) is 4.79. The number of nitrogens with two attached hydrogens (primary N) is 1. The second-order valence-electron chi connectivity index (χ2n) is 4.98. The Morgan fingerprint density at radius 2 is 2.09 bits per heavy atom. The number of nitrogens with one attached hydrogen (secondary N) is 1. The van der Waals surface area contributed by atoms with Crippen molar-refractivity contribution in [3.8, 4) is 23.8 Å². The van der Waals surface area contributed by atoms with E-state index < -0.39 is 0 Å². The second-order valence-corrected chi connectivity index (χ2v) is 4.98. The molecule has 0 amide bonds. The first kappa shape index (κ1) is 15.6. The highest BCUT2D eigenvalue weighted by Gasteiger charge is 2.13. The average Bonchev–Trinajstić information content (AvgIpc) is 2.50. The number of terminal acetylenes is 1. The molecule has 0 bridgehead atoms. The van der Waals surface area contributed by atoms with Crippen LogP contribution in [0.2, 0.25) is 0 Å². The van der Waals surface area contributed by atoms with E-state index in [4.69, 9.17) is 16.9 Å². The molecule has 0 aliphatic rings. The van der Waals surface area contributed by atoms with Crippen molar-refractivity contribution in [2.75, 3.05) is 17.6 Å². The van der Waals surface area contributed by atoms with Crippen LogP contribution < -0.4 is 15.8 Å². The van der Waals surface area contributed by atoms with E-state index in [0.29, 0.717) is 29.7 Å². The summed E-state index contributed by atoms with van der Waals surface area (Å²) in [6.07, 6.45) is 8.66. The Hall–Kier alpha value is -2.81. The summed E-state index contributed by atoms with van der Waals surface area (Å²) in [4.78, 5) is 12.5. The molecule has 0 radical (unpaired) electrons. The van der Waals surface area contributed by atoms with Crippen molar-refractivity contribution >= 4 is 11.8 Å². The molecule has 0 saturated carbocycles. The van der Waals surface area contributed by atoms with Gasteiger partial charge >= 0.3 is 0 Å². The van der Waals surface area contributed by atoms with Crippen molar-refractivity contribution in [2.45, 2.75) is 26.7 Å². The van der Waals surface area contributed by atoms with Crippen molar-refractivity contribution in [3.05, 3.63) is 29.7 Å². The van der Waals surface area contributed by atoms with Gasteiger partial charge < -0.3 is 15.8 Å². The minimum atomic E-state index is 0.234.